The van der Waals surface area contributed by atoms with Crippen molar-refractivity contribution in [1.82, 2.24) is 0 Å². The molecular formula is C14H22O2. The van der Waals surface area contributed by atoms with Crippen LogP contribution in [0.2, 0.25) is 0 Å². The molecule has 1 aromatic carbocycles. The van der Waals surface area contributed by atoms with Gasteiger partial charge in [0.25, 0.3) is 0 Å². The van der Waals surface area contributed by atoms with Crippen LogP contribution in [0.4, 0.5) is 0 Å². The van der Waals surface area contributed by atoms with Crippen LogP contribution in [0.3, 0.4) is 0 Å². The summed E-state index contributed by atoms with van der Waals surface area (Å²) in [5, 5.41) is 19.8. The molecule has 2 nitrogen and oxygen atoms in total. The van der Waals surface area contributed by atoms with Gasteiger partial charge in [-0.3, -0.25) is 0 Å². The number of hydrogen-bond acceptors (Lipinski definition) is 2. The van der Waals surface area contributed by atoms with Crippen LogP contribution in [0, 0.1) is 0 Å². The van der Waals surface area contributed by atoms with E-state index in [1.165, 1.54) is 0 Å². The second kappa shape index (κ2) is 4.10. The zero-order valence-electron chi connectivity index (χ0n) is 10.8. The summed E-state index contributed by atoms with van der Waals surface area (Å²) >= 11 is 0. The van der Waals surface area contributed by atoms with Crippen molar-refractivity contribution >= 4 is 0 Å². The Bertz CT molecular complexity index is 367. The number of aromatic hydroxyl groups is 1. The molecule has 0 saturated carbocycles. The molecule has 2 heteroatoms. The molecule has 0 fully saturated rings. The zero-order valence-corrected chi connectivity index (χ0v) is 10.8. The molecule has 1 aromatic rings. The van der Waals surface area contributed by atoms with Crippen molar-refractivity contribution in [3.8, 4) is 5.75 Å². The van der Waals surface area contributed by atoms with Gasteiger partial charge in [0.1, 0.15) is 5.75 Å². The van der Waals surface area contributed by atoms with E-state index in [9.17, 15) is 10.2 Å². The molecule has 0 spiro atoms. The highest BCUT2D eigenvalue weighted by Crippen LogP contribution is 2.33. The van der Waals surface area contributed by atoms with E-state index in [2.05, 4.69) is 20.8 Å². The minimum Gasteiger partial charge on any atom is -0.508 e. The minimum atomic E-state index is -0.807. The van der Waals surface area contributed by atoms with Gasteiger partial charge in [0.05, 0.1) is 5.60 Å². The van der Waals surface area contributed by atoms with Crippen molar-refractivity contribution in [2.45, 2.75) is 52.1 Å². The van der Waals surface area contributed by atoms with Gasteiger partial charge >= 0.3 is 0 Å². The third kappa shape index (κ3) is 3.24. The molecule has 0 aliphatic heterocycles. The number of aliphatic hydroxyl groups is 1. The topological polar surface area (TPSA) is 40.5 Å². The van der Waals surface area contributed by atoms with Gasteiger partial charge in [0, 0.05) is 12.0 Å². The average Bonchev–Trinajstić information content (AvgIpc) is 2.04. The lowest BCUT2D eigenvalue weighted by Gasteiger charge is -2.27. The molecule has 0 bridgehead atoms. The summed E-state index contributed by atoms with van der Waals surface area (Å²) in [6.45, 7) is 9.83. The second-order valence-corrected chi connectivity index (χ2v) is 6.04. The number of phenols is 1. The number of rotatable bonds is 2. The van der Waals surface area contributed by atoms with Gasteiger partial charge < -0.3 is 10.2 Å². The van der Waals surface area contributed by atoms with Crippen molar-refractivity contribution in [3.05, 3.63) is 29.3 Å². The average molecular weight is 222 g/mol. The molecule has 16 heavy (non-hydrogen) atoms. The largest absolute Gasteiger partial charge is 0.508 e. The zero-order chi connectivity index (χ0) is 12.6. The molecule has 1 rings (SSSR count). The number of benzene rings is 1. The molecule has 2 N–H and O–H groups in total. The van der Waals surface area contributed by atoms with E-state index < -0.39 is 5.60 Å². The van der Waals surface area contributed by atoms with E-state index in [1.807, 2.05) is 12.1 Å². The first-order valence-corrected chi connectivity index (χ1v) is 5.65. The lowest BCUT2D eigenvalue weighted by molar-refractivity contribution is 0.0798. The lowest BCUT2D eigenvalue weighted by Crippen LogP contribution is -2.25. The normalized spacial score (nSPS) is 12.9. The number of phenolic OH excluding ortho intramolecular Hbond substituents is 1. The van der Waals surface area contributed by atoms with Crippen molar-refractivity contribution in [3.63, 3.8) is 0 Å². The lowest BCUT2D eigenvalue weighted by atomic mass is 9.80. The Morgan fingerprint density at radius 1 is 1.06 bits per heavy atom. The van der Waals surface area contributed by atoms with Crippen molar-refractivity contribution in [2.75, 3.05) is 0 Å². The summed E-state index contributed by atoms with van der Waals surface area (Å²) in [7, 11) is 0. The summed E-state index contributed by atoms with van der Waals surface area (Å²) in [5.74, 6) is 0.273. The maximum absolute atomic E-state index is 9.91. The summed E-state index contributed by atoms with van der Waals surface area (Å²) in [6.07, 6.45) is 0.465. The van der Waals surface area contributed by atoms with Crippen LogP contribution in [-0.2, 0) is 11.8 Å². The van der Waals surface area contributed by atoms with Gasteiger partial charge in [-0.15, -0.1) is 0 Å². The highest BCUT2D eigenvalue weighted by Gasteiger charge is 2.24. The highest BCUT2D eigenvalue weighted by atomic mass is 16.3. The summed E-state index contributed by atoms with van der Waals surface area (Å²) in [5.41, 5.74) is 1.11. The van der Waals surface area contributed by atoms with Gasteiger partial charge in [-0.2, -0.15) is 0 Å². The van der Waals surface area contributed by atoms with Gasteiger partial charge in [-0.25, -0.2) is 0 Å². The van der Waals surface area contributed by atoms with Crippen LogP contribution in [0.1, 0.15) is 45.7 Å². The fourth-order valence-corrected chi connectivity index (χ4v) is 1.90. The van der Waals surface area contributed by atoms with Crippen molar-refractivity contribution in [1.29, 1.82) is 0 Å². The Hall–Kier alpha value is -1.02. The van der Waals surface area contributed by atoms with Crippen LogP contribution in [0.5, 0.6) is 5.75 Å². The van der Waals surface area contributed by atoms with Gasteiger partial charge in [-0.1, -0.05) is 32.9 Å². The van der Waals surface area contributed by atoms with E-state index in [4.69, 9.17) is 0 Å². The van der Waals surface area contributed by atoms with E-state index in [0.717, 1.165) is 11.1 Å². The Labute approximate surface area is 97.9 Å². The smallest absolute Gasteiger partial charge is 0.119 e. The number of hydrogen-bond donors (Lipinski definition) is 2. The van der Waals surface area contributed by atoms with E-state index in [-0.39, 0.29) is 11.2 Å². The van der Waals surface area contributed by atoms with Crippen LogP contribution in [0.15, 0.2) is 18.2 Å². The predicted molar refractivity (Wildman–Crippen MR) is 66.8 cm³/mol. The predicted octanol–water partition coefficient (Wildman–Crippen LogP) is 3.00. The summed E-state index contributed by atoms with van der Waals surface area (Å²) in [6, 6.07) is 5.54. The molecule has 0 radical (unpaired) electrons. The maximum Gasteiger partial charge on any atom is 0.119 e. The van der Waals surface area contributed by atoms with E-state index >= 15 is 0 Å². The Morgan fingerprint density at radius 3 is 2.06 bits per heavy atom. The van der Waals surface area contributed by atoms with Gasteiger partial charge in [0.2, 0.25) is 0 Å². The third-order valence-electron chi connectivity index (χ3n) is 2.57. The SMILES string of the molecule is CC(C)(O)Cc1c(O)cccc1C(C)(C)C. The van der Waals surface area contributed by atoms with Crippen LogP contribution in [-0.4, -0.2) is 15.8 Å². The molecule has 0 saturated heterocycles. The fourth-order valence-electron chi connectivity index (χ4n) is 1.90. The molecule has 0 aromatic heterocycles. The second-order valence-electron chi connectivity index (χ2n) is 6.04. The van der Waals surface area contributed by atoms with Crippen LogP contribution >= 0.6 is 0 Å². The van der Waals surface area contributed by atoms with E-state index in [0.29, 0.717) is 6.42 Å². The Kier molecular flexibility index (Phi) is 3.34. The fraction of sp³-hybridized carbons (Fsp3) is 0.571. The molecule has 0 amide bonds. The molecule has 0 aliphatic rings. The van der Waals surface area contributed by atoms with Gasteiger partial charge in [-0.05, 0) is 30.9 Å². The summed E-state index contributed by atoms with van der Waals surface area (Å²) < 4.78 is 0. The van der Waals surface area contributed by atoms with Crippen molar-refractivity contribution < 1.29 is 10.2 Å². The first-order valence-electron chi connectivity index (χ1n) is 5.65. The standard InChI is InChI=1S/C14H22O2/c1-13(2,3)11-7-6-8-12(15)10(11)9-14(4,5)16/h6-8,15-16H,9H2,1-5H3. The third-order valence-corrected chi connectivity index (χ3v) is 2.57. The highest BCUT2D eigenvalue weighted by molar-refractivity contribution is 5.43. The molecule has 90 valence electrons. The summed E-state index contributed by atoms with van der Waals surface area (Å²) in [4.78, 5) is 0. The van der Waals surface area contributed by atoms with Crippen molar-refractivity contribution in [2.24, 2.45) is 0 Å². The quantitative estimate of drug-likeness (QED) is 0.807. The molecule has 0 atom stereocenters. The minimum absolute atomic E-state index is 0.0284. The van der Waals surface area contributed by atoms with Gasteiger partial charge in [0.15, 0.2) is 0 Å². The Balaban J connectivity index is 3.25. The molecule has 0 aliphatic carbocycles. The van der Waals surface area contributed by atoms with Crippen LogP contribution < -0.4 is 0 Å². The molecule has 0 heterocycles. The Morgan fingerprint density at radius 2 is 1.62 bits per heavy atom. The molecule has 0 unspecified atom stereocenters. The first-order chi connectivity index (χ1) is 7.11. The maximum atomic E-state index is 9.91. The van der Waals surface area contributed by atoms with Crippen LogP contribution in [0.25, 0.3) is 0 Å². The monoisotopic (exact) mass is 222 g/mol. The van der Waals surface area contributed by atoms with E-state index in [1.54, 1.807) is 19.9 Å². The molecular weight excluding hydrogens is 200 g/mol. The first kappa shape index (κ1) is 13.0.